The van der Waals surface area contributed by atoms with Gasteiger partial charge in [-0.15, -0.1) is 11.6 Å². The summed E-state index contributed by atoms with van der Waals surface area (Å²) in [5.41, 5.74) is 2.68. The van der Waals surface area contributed by atoms with Crippen molar-refractivity contribution >= 4 is 11.6 Å². The van der Waals surface area contributed by atoms with Gasteiger partial charge in [-0.1, -0.05) is 11.6 Å². The highest BCUT2D eigenvalue weighted by Gasteiger charge is 2.10. The average molecular weight is 226 g/mol. The van der Waals surface area contributed by atoms with Crippen molar-refractivity contribution in [3.63, 3.8) is 0 Å². The zero-order valence-electron chi connectivity index (χ0n) is 8.91. The van der Waals surface area contributed by atoms with Crippen LogP contribution in [0.5, 0.6) is 0 Å². The van der Waals surface area contributed by atoms with Gasteiger partial charge in [0.1, 0.15) is 0 Å². The van der Waals surface area contributed by atoms with Gasteiger partial charge in [-0.05, 0) is 18.9 Å². The highest BCUT2D eigenvalue weighted by atomic mass is 35.5. The lowest BCUT2D eigenvalue weighted by Crippen LogP contribution is -2.29. The van der Waals surface area contributed by atoms with E-state index >= 15 is 0 Å². The number of aryl methyl sites for hydroxylation is 2. The van der Waals surface area contributed by atoms with Crippen LogP contribution in [0.4, 0.5) is 0 Å². The highest BCUT2D eigenvalue weighted by Crippen LogP contribution is 2.13. The summed E-state index contributed by atoms with van der Waals surface area (Å²) in [6.07, 6.45) is 6.12. The molecule has 15 heavy (non-hydrogen) atoms. The number of nitrogens with zero attached hydrogens (tertiary/aromatic N) is 2. The maximum Gasteiger partial charge on any atom is 0.0643 e. The number of hydrogen-bond acceptors (Lipinski definition) is 2. The predicted molar refractivity (Wildman–Crippen MR) is 62.1 cm³/mol. The zero-order valence-corrected chi connectivity index (χ0v) is 9.67. The molecule has 1 N–H and O–H groups in total. The van der Waals surface area contributed by atoms with Gasteiger partial charge < -0.3 is 5.32 Å². The Bertz CT molecular complexity index is 356. The Hall–Kier alpha value is -0.800. The minimum absolute atomic E-state index is 0.153. The fourth-order valence-corrected chi connectivity index (χ4v) is 2.14. The lowest BCUT2D eigenvalue weighted by atomic mass is 10.0. The second-order valence-electron chi connectivity index (χ2n) is 3.92. The molecule has 0 spiro atoms. The highest BCUT2D eigenvalue weighted by molar-refractivity contribution is 6.22. The number of aromatic nitrogens is 2. The Labute approximate surface area is 95.1 Å². The van der Waals surface area contributed by atoms with Crippen molar-refractivity contribution in [2.75, 3.05) is 13.1 Å². The molecule has 0 aliphatic carbocycles. The molecule has 1 aliphatic heterocycles. The summed E-state index contributed by atoms with van der Waals surface area (Å²) in [7, 11) is 1.98. The van der Waals surface area contributed by atoms with Crippen molar-refractivity contribution in [1.82, 2.24) is 15.1 Å². The number of nitrogens with one attached hydrogen (secondary N) is 1. The van der Waals surface area contributed by atoms with Gasteiger partial charge in [-0.3, -0.25) is 4.68 Å². The Morgan fingerprint density at radius 1 is 1.60 bits per heavy atom. The number of halogens is 1. The van der Waals surface area contributed by atoms with Crippen LogP contribution in [-0.2, 0) is 13.5 Å². The summed E-state index contributed by atoms with van der Waals surface area (Å²) >= 11 is 6.05. The third kappa shape index (κ3) is 2.83. The molecule has 0 bridgehead atoms. The van der Waals surface area contributed by atoms with Crippen molar-refractivity contribution in [3.8, 4) is 0 Å². The quantitative estimate of drug-likeness (QED) is 0.624. The van der Waals surface area contributed by atoms with Crippen molar-refractivity contribution in [1.29, 1.82) is 0 Å². The second-order valence-corrected chi connectivity index (χ2v) is 4.48. The Balaban J connectivity index is 1.91. The first-order chi connectivity index (χ1) is 7.25. The topological polar surface area (TPSA) is 29.9 Å². The van der Waals surface area contributed by atoms with E-state index in [9.17, 15) is 0 Å². The molecule has 82 valence electrons. The Morgan fingerprint density at radius 2 is 2.47 bits per heavy atom. The second kappa shape index (κ2) is 4.81. The smallest absolute Gasteiger partial charge is 0.0643 e. The van der Waals surface area contributed by atoms with Gasteiger partial charge >= 0.3 is 0 Å². The van der Waals surface area contributed by atoms with Crippen molar-refractivity contribution < 1.29 is 0 Å². The molecule has 1 aromatic rings. The molecular weight excluding hydrogens is 210 g/mol. The van der Waals surface area contributed by atoms with Crippen LogP contribution < -0.4 is 5.32 Å². The van der Waals surface area contributed by atoms with Crippen molar-refractivity contribution in [2.45, 2.75) is 18.2 Å². The van der Waals surface area contributed by atoms with Gasteiger partial charge in [0.2, 0.25) is 0 Å². The van der Waals surface area contributed by atoms with E-state index in [4.69, 9.17) is 11.6 Å². The number of rotatable bonds is 3. The van der Waals surface area contributed by atoms with Crippen LogP contribution in [-0.4, -0.2) is 28.2 Å². The van der Waals surface area contributed by atoms with Crippen molar-refractivity contribution in [3.05, 3.63) is 29.6 Å². The molecule has 0 amide bonds. The Kier molecular flexibility index (Phi) is 3.44. The molecule has 2 heterocycles. The lowest BCUT2D eigenvalue weighted by molar-refractivity contribution is 0.660. The fourth-order valence-electron chi connectivity index (χ4n) is 1.85. The van der Waals surface area contributed by atoms with E-state index in [-0.39, 0.29) is 5.38 Å². The molecule has 0 aromatic carbocycles. The van der Waals surface area contributed by atoms with Crippen LogP contribution in [0.15, 0.2) is 23.9 Å². The predicted octanol–water partition coefficient (Wildman–Crippen LogP) is 1.49. The summed E-state index contributed by atoms with van der Waals surface area (Å²) in [5, 5.41) is 7.61. The van der Waals surface area contributed by atoms with Crippen LogP contribution in [0.25, 0.3) is 0 Å². The molecule has 3 nitrogen and oxygen atoms in total. The monoisotopic (exact) mass is 225 g/mol. The van der Waals surface area contributed by atoms with Crippen LogP contribution >= 0.6 is 11.6 Å². The minimum Gasteiger partial charge on any atom is -0.311 e. The normalized spacial score (nSPS) is 21.5. The van der Waals surface area contributed by atoms with Gasteiger partial charge in [0.15, 0.2) is 0 Å². The van der Waals surface area contributed by atoms with Gasteiger partial charge in [0, 0.05) is 32.0 Å². The molecule has 0 saturated heterocycles. The average Bonchev–Trinajstić information content (AvgIpc) is 2.61. The third-order valence-electron chi connectivity index (χ3n) is 2.73. The first kappa shape index (κ1) is 10.7. The summed E-state index contributed by atoms with van der Waals surface area (Å²) in [6.45, 7) is 1.86. The van der Waals surface area contributed by atoms with Crippen molar-refractivity contribution in [2.24, 2.45) is 7.05 Å². The van der Waals surface area contributed by atoms with E-state index in [2.05, 4.69) is 22.6 Å². The molecule has 1 atom stereocenters. The first-order valence-electron chi connectivity index (χ1n) is 5.27. The van der Waals surface area contributed by atoms with E-state index in [1.807, 2.05) is 17.9 Å². The van der Waals surface area contributed by atoms with Crippen LogP contribution in [0, 0.1) is 0 Å². The van der Waals surface area contributed by atoms with Gasteiger partial charge in [-0.25, -0.2) is 0 Å². The molecule has 4 heteroatoms. The Morgan fingerprint density at radius 3 is 3.13 bits per heavy atom. The number of alkyl halides is 1. The molecule has 0 saturated carbocycles. The minimum atomic E-state index is 0.153. The molecule has 1 aromatic heterocycles. The van der Waals surface area contributed by atoms with Gasteiger partial charge in [0.05, 0.1) is 5.38 Å². The fraction of sp³-hybridized carbons (Fsp3) is 0.545. The molecule has 2 rings (SSSR count). The SMILES string of the molecule is Cn1nccc1CCC1=CC(Cl)CNC1. The van der Waals surface area contributed by atoms with E-state index in [0.29, 0.717) is 0 Å². The van der Waals surface area contributed by atoms with E-state index in [0.717, 1.165) is 25.9 Å². The first-order valence-corrected chi connectivity index (χ1v) is 5.70. The maximum absolute atomic E-state index is 6.05. The molecule has 1 aliphatic rings. The van der Waals surface area contributed by atoms with Gasteiger partial charge in [0.25, 0.3) is 0 Å². The maximum atomic E-state index is 6.05. The standard InChI is InChI=1S/C11H16ClN3/c1-15-11(4-5-14-15)3-2-9-6-10(12)8-13-7-9/h4-6,10,13H,2-3,7-8H2,1H3. The summed E-state index contributed by atoms with van der Waals surface area (Å²) in [4.78, 5) is 0. The largest absolute Gasteiger partial charge is 0.311 e. The molecule has 0 fully saturated rings. The van der Waals surface area contributed by atoms with E-state index < -0.39 is 0 Å². The summed E-state index contributed by atoms with van der Waals surface area (Å²) < 4.78 is 1.93. The van der Waals surface area contributed by atoms with E-state index in [1.165, 1.54) is 11.3 Å². The van der Waals surface area contributed by atoms with Crippen LogP contribution in [0.2, 0.25) is 0 Å². The van der Waals surface area contributed by atoms with Crippen LogP contribution in [0.1, 0.15) is 12.1 Å². The number of hydrogen-bond donors (Lipinski definition) is 1. The third-order valence-corrected chi connectivity index (χ3v) is 3.01. The van der Waals surface area contributed by atoms with Gasteiger partial charge in [-0.2, -0.15) is 5.10 Å². The summed E-state index contributed by atoms with van der Waals surface area (Å²) in [5.74, 6) is 0. The summed E-state index contributed by atoms with van der Waals surface area (Å²) in [6, 6.07) is 2.06. The molecular formula is C11H16ClN3. The molecule has 1 unspecified atom stereocenters. The molecule has 0 radical (unpaired) electrons. The van der Waals surface area contributed by atoms with E-state index in [1.54, 1.807) is 0 Å². The van der Waals surface area contributed by atoms with Crippen LogP contribution in [0.3, 0.4) is 0 Å². The zero-order chi connectivity index (χ0) is 10.7. The lowest BCUT2D eigenvalue weighted by Gasteiger charge is -2.17.